The zero-order chi connectivity index (χ0) is 33.5. The Morgan fingerprint density at radius 3 is 2.29 bits per heavy atom. The summed E-state index contributed by atoms with van der Waals surface area (Å²) in [5, 5.41) is 6.73. The van der Waals surface area contributed by atoms with Gasteiger partial charge in [0.1, 0.15) is 5.82 Å². The van der Waals surface area contributed by atoms with Crippen molar-refractivity contribution in [1.82, 2.24) is 20.4 Å². The van der Waals surface area contributed by atoms with Gasteiger partial charge in [-0.3, -0.25) is 4.90 Å². The Bertz CT molecular complexity index is 1730. The lowest BCUT2D eigenvalue weighted by atomic mass is 10.0. The van der Waals surface area contributed by atoms with E-state index in [2.05, 4.69) is 25.1 Å². The number of hydrogen-bond donors (Lipinski definition) is 1. The number of carbonyl (C=O) groups excluding carboxylic acids is 3. The summed E-state index contributed by atoms with van der Waals surface area (Å²) >= 11 is 0. The standard InChI is InChI=1S/C35H35FN4O8/c1-44-33(42)46-35(47-34(43)45-32(41)37-27-9-5-6-10-27)17-19-40(20-18-35)22-23-11-13-25(14-12-23)30-38-31(48-39-30)26-15-16-28(29(36)21-26)24-7-3-2-4-8-24/h2-4,7-8,11-16,21,27H,5-6,9-10,17-20,22H2,1H3,(H,37,41). The smallest absolute Gasteiger partial charge is 0.438 e. The SMILES string of the molecule is COC(=O)OC1(OC(=O)OC(=O)NC2CCCC2)CCN(Cc2ccc(-c3noc(-c4ccc(-c5ccccc5)c(F)c4)n3)cc2)CC1. The average Bonchev–Trinajstić information content (AvgIpc) is 3.79. The number of nitrogens with zero attached hydrogens (tertiary/aromatic N) is 3. The second kappa shape index (κ2) is 14.6. The van der Waals surface area contributed by atoms with E-state index in [0.29, 0.717) is 36.6 Å². The van der Waals surface area contributed by atoms with Gasteiger partial charge in [-0.15, -0.1) is 0 Å². The highest BCUT2D eigenvalue weighted by atomic mass is 19.1. The van der Waals surface area contributed by atoms with E-state index in [-0.39, 0.29) is 30.6 Å². The van der Waals surface area contributed by atoms with Crippen LogP contribution in [0.4, 0.5) is 18.8 Å². The molecule has 4 aromatic rings. The molecule has 0 spiro atoms. The number of likely N-dealkylation sites (tertiary alicyclic amines) is 1. The van der Waals surface area contributed by atoms with Crippen LogP contribution < -0.4 is 5.32 Å². The van der Waals surface area contributed by atoms with Crippen LogP contribution in [0.5, 0.6) is 0 Å². The Hall–Kier alpha value is -5.30. The highest BCUT2D eigenvalue weighted by Gasteiger charge is 2.43. The molecule has 0 bridgehead atoms. The molecule has 0 unspecified atom stereocenters. The largest absolute Gasteiger partial charge is 0.520 e. The van der Waals surface area contributed by atoms with E-state index >= 15 is 0 Å². The van der Waals surface area contributed by atoms with Gasteiger partial charge in [0.15, 0.2) is 0 Å². The molecule has 12 nitrogen and oxygen atoms in total. The summed E-state index contributed by atoms with van der Waals surface area (Å²) in [7, 11) is 1.15. The summed E-state index contributed by atoms with van der Waals surface area (Å²) in [4.78, 5) is 43.2. The van der Waals surface area contributed by atoms with Crippen molar-refractivity contribution >= 4 is 18.4 Å². The van der Waals surface area contributed by atoms with Gasteiger partial charge in [-0.1, -0.05) is 78.7 Å². The van der Waals surface area contributed by atoms with Crippen LogP contribution in [0.3, 0.4) is 0 Å². The molecule has 0 atom stereocenters. The predicted molar refractivity (Wildman–Crippen MR) is 170 cm³/mol. The van der Waals surface area contributed by atoms with Gasteiger partial charge in [0.05, 0.1) is 7.11 Å². The lowest BCUT2D eigenvalue weighted by Crippen LogP contribution is -2.50. The van der Waals surface area contributed by atoms with Crippen molar-refractivity contribution in [3.05, 3.63) is 84.2 Å². The summed E-state index contributed by atoms with van der Waals surface area (Å²) in [6.45, 7) is 1.38. The van der Waals surface area contributed by atoms with Gasteiger partial charge in [0, 0.05) is 55.2 Å². The average molecular weight is 659 g/mol. The van der Waals surface area contributed by atoms with Crippen molar-refractivity contribution in [2.24, 2.45) is 0 Å². The van der Waals surface area contributed by atoms with Crippen molar-refractivity contribution in [1.29, 1.82) is 0 Å². The minimum Gasteiger partial charge on any atom is -0.438 e. The first-order valence-corrected chi connectivity index (χ1v) is 15.8. The minimum absolute atomic E-state index is 0.0398. The number of rotatable bonds is 8. The zero-order valence-corrected chi connectivity index (χ0v) is 26.4. The molecular weight excluding hydrogens is 623 g/mol. The summed E-state index contributed by atoms with van der Waals surface area (Å²) in [5.41, 5.74) is 3.46. The van der Waals surface area contributed by atoms with Crippen LogP contribution in [0, 0.1) is 5.82 Å². The number of amides is 1. The lowest BCUT2D eigenvalue weighted by Gasteiger charge is -2.39. The zero-order valence-electron chi connectivity index (χ0n) is 26.4. The third kappa shape index (κ3) is 7.97. The normalized spacial score (nSPS) is 16.2. The second-order valence-electron chi connectivity index (χ2n) is 11.8. The van der Waals surface area contributed by atoms with Crippen molar-refractivity contribution < 1.29 is 42.2 Å². The number of aromatic nitrogens is 2. The Kier molecular flexibility index (Phi) is 9.95. The molecule has 0 radical (unpaired) electrons. The number of nitrogens with one attached hydrogen (secondary N) is 1. The predicted octanol–water partition coefficient (Wildman–Crippen LogP) is 7.09. The van der Waals surface area contributed by atoms with E-state index in [0.717, 1.165) is 49.5 Å². The highest BCUT2D eigenvalue weighted by Crippen LogP contribution is 2.31. The number of carbonyl (C=O) groups is 3. The Morgan fingerprint density at radius 2 is 1.60 bits per heavy atom. The number of hydrogen-bond acceptors (Lipinski definition) is 11. The van der Waals surface area contributed by atoms with E-state index in [1.54, 1.807) is 12.1 Å². The first kappa shape index (κ1) is 32.6. The van der Waals surface area contributed by atoms with E-state index < -0.39 is 24.2 Å². The van der Waals surface area contributed by atoms with Crippen LogP contribution in [-0.2, 0) is 25.5 Å². The highest BCUT2D eigenvalue weighted by molar-refractivity contribution is 5.81. The molecule has 1 saturated heterocycles. The maximum Gasteiger partial charge on any atom is 0.520 e. The van der Waals surface area contributed by atoms with Crippen LogP contribution in [0.1, 0.15) is 44.1 Å². The maximum atomic E-state index is 14.9. The van der Waals surface area contributed by atoms with Crippen LogP contribution in [0.15, 0.2) is 77.3 Å². The quantitative estimate of drug-likeness (QED) is 0.118. The third-order valence-electron chi connectivity index (χ3n) is 8.52. The van der Waals surface area contributed by atoms with E-state index in [1.807, 2.05) is 54.6 Å². The van der Waals surface area contributed by atoms with Crippen molar-refractivity contribution in [3.63, 3.8) is 0 Å². The van der Waals surface area contributed by atoms with Gasteiger partial charge in [-0.25, -0.2) is 18.8 Å². The second-order valence-corrected chi connectivity index (χ2v) is 11.8. The number of methoxy groups -OCH3 is 1. The fourth-order valence-corrected chi connectivity index (χ4v) is 5.96. The molecule has 13 heteroatoms. The molecule has 1 aliphatic heterocycles. The summed E-state index contributed by atoms with van der Waals surface area (Å²) in [6, 6.07) is 21.7. The number of ether oxygens (including phenoxy) is 4. The molecule has 2 fully saturated rings. The van der Waals surface area contributed by atoms with Gasteiger partial charge < -0.3 is 28.8 Å². The molecule has 48 heavy (non-hydrogen) atoms. The minimum atomic E-state index is -1.64. The molecule has 2 aliphatic rings. The first-order chi connectivity index (χ1) is 23.3. The molecule has 1 amide bonds. The summed E-state index contributed by atoms with van der Waals surface area (Å²) in [6.07, 6.45) is 0.757. The molecule has 1 aliphatic carbocycles. The van der Waals surface area contributed by atoms with Gasteiger partial charge in [-0.05, 0) is 36.1 Å². The Labute approximate surface area is 276 Å². The molecule has 6 rings (SSSR count). The van der Waals surface area contributed by atoms with Gasteiger partial charge in [-0.2, -0.15) is 4.98 Å². The van der Waals surface area contributed by atoms with Crippen LogP contribution in [0.25, 0.3) is 34.0 Å². The monoisotopic (exact) mass is 658 g/mol. The summed E-state index contributed by atoms with van der Waals surface area (Å²) < 4.78 is 40.5. The fourth-order valence-electron chi connectivity index (χ4n) is 5.96. The lowest BCUT2D eigenvalue weighted by molar-refractivity contribution is -0.207. The van der Waals surface area contributed by atoms with E-state index in [1.165, 1.54) is 6.07 Å². The van der Waals surface area contributed by atoms with Crippen molar-refractivity contribution in [2.45, 2.75) is 56.9 Å². The molecule has 3 aromatic carbocycles. The topological polar surface area (TPSA) is 142 Å². The molecule has 1 N–H and O–H groups in total. The number of benzene rings is 3. The van der Waals surface area contributed by atoms with Crippen molar-refractivity contribution in [3.8, 4) is 34.0 Å². The van der Waals surface area contributed by atoms with Gasteiger partial charge in [0.25, 0.3) is 11.7 Å². The molecule has 2 heterocycles. The van der Waals surface area contributed by atoms with E-state index in [4.69, 9.17) is 18.7 Å². The molecular formula is C35H35FN4O8. The first-order valence-electron chi connectivity index (χ1n) is 15.8. The van der Waals surface area contributed by atoms with Crippen LogP contribution in [-0.4, -0.2) is 65.5 Å². The molecule has 250 valence electrons. The van der Waals surface area contributed by atoms with Crippen LogP contribution >= 0.6 is 0 Å². The Morgan fingerprint density at radius 1 is 0.917 bits per heavy atom. The van der Waals surface area contributed by atoms with Gasteiger partial charge in [0.2, 0.25) is 5.82 Å². The number of piperidine rings is 1. The summed E-state index contributed by atoms with van der Waals surface area (Å²) in [5.74, 6) is -1.45. The molecule has 1 aromatic heterocycles. The van der Waals surface area contributed by atoms with Crippen LogP contribution in [0.2, 0.25) is 0 Å². The van der Waals surface area contributed by atoms with Gasteiger partial charge >= 0.3 is 18.4 Å². The number of halogens is 1. The fraction of sp³-hybridized carbons (Fsp3) is 0.343. The van der Waals surface area contributed by atoms with Crippen molar-refractivity contribution in [2.75, 3.05) is 20.2 Å². The van der Waals surface area contributed by atoms with E-state index in [9.17, 15) is 18.8 Å². The molecule has 1 saturated carbocycles. The maximum absolute atomic E-state index is 14.9. The Balaban J connectivity index is 1.04. The third-order valence-corrected chi connectivity index (χ3v) is 8.52. The number of alkyl carbamates (subject to hydrolysis) is 1.